The van der Waals surface area contributed by atoms with Crippen molar-refractivity contribution in [3.63, 3.8) is 0 Å². The lowest BCUT2D eigenvalue weighted by Gasteiger charge is -2.33. The van der Waals surface area contributed by atoms with Crippen molar-refractivity contribution in [3.05, 3.63) is 83.7 Å². The summed E-state index contributed by atoms with van der Waals surface area (Å²) in [7, 11) is 0. The monoisotopic (exact) mass is 386 g/mol. The second kappa shape index (κ2) is 7.94. The molecule has 0 radical (unpaired) electrons. The Balaban J connectivity index is 1.53. The SMILES string of the molecule is N#Cc1cccc(C(=O)N2Cc3cncn3C(C(=O)NCc3ccccn3)C2)c1. The van der Waals surface area contributed by atoms with Crippen molar-refractivity contribution < 1.29 is 9.59 Å². The van der Waals surface area contributed by atoms with Gasteiger partial charge in [0.05, 0.1) is 49.0 Å². The lowest BCUT2D eigenvalue weighted by atomic mass is 10.1. The number of carbonyl (C=O) groups excluding carboxylic acids is 2. The van der Waals surface area contributed by atoms with Crippen molar-refractivity contribution >= 4 is 11.8 Å². The van der Waals surface area contributed by atoms with Crippen LogP contribution in [-0.2, 0) is 17.9 Å². The molecule has 0 saturated carbocycles. The van der Waals surface area contributed by atoms with Crippen molar-refractivity contribution in [2.75, 3.05) is 6.54 Å². The standard InChI is InChI=1S/C21H18N6O2/c22-9-15-4-3-5-16(8-15)21(29)26-12-18-11-23-14-27(18)19(13-26)20(28)25-10-17-6-1-2-7-24-17/h1-8,11,14,19H,10,12-13H2,(H,25,28). The van der Waals surface area contributed by atoms with Crippen LogP contribution < -0.4 is 5.32 Å². The van der Waals surface area contributed by atoms with Crippen LogP contribution in [0.5, 0.6) is 0 Å². The first kappa shape index (κ1) is 18.4. The van der Waals surface area contributed by atoms with E-state index in [0.29, 0.717) is 24.2 Å². The number of nitrogens with one attached hydrogen (secondary N) is 1. The van der Waals surface area contributed by atoms with E-state index >= 15 is 0 Å². The summed E-state index contributed by atoms with van der Waals surface area (Å²) in [4.78, 5) is 35.8. The molecular formula is C21H18N6O2. The van der Waals surface area contributed by atoms with E-state index in [2.05, 4.69) is 15.3 Å². The number of nitrogens with zero attached hydrogens (tertiary/aromatic N) is 5. The normalized spacial score (nSPS) is 15.3. The van der Waals surface area contributed by atoms with E-state index in [1.807, 2.05) is 24.3 Å². The number of benzene rings is 1. The summed E-state index contributed by atoms with van der Waals surface area (Å²) in [6, 6.07) is 13.5. The second-order valence-electron chi connectivity index (χ2n) is 6.73. The largest absolute Gasteiger partial charge is 0.349 e. The van der Waals surface area contributed by atoms with E-state index in [1.54, 1.807) is 52.5 Å². The second-order valence-corrected chi connectivity index (χ2v) is 6.73. The van der Waals surface area contributed by atoms with Gasteiger partial charge in [-0.3, -0.25) is 14.6 Å². The smallest absolute Gasteiger partial charge is 0.254 e. The van der Waals surface area contributed by atoms with Gasteiger partial charge in [-0.2, -0.15) is 5.26 Å². The predicted molar refractivity (Wildman–Crippen MR) is 103 cm³/mol. The van der Waals surface area contributed by atoms with Gasteiger partial charge in [-0.25, -0.2) is 4.98 Å². The van der Waals surface area contributed by atoms with Crippen LogP contribution in [0.2, 0.25) is 0 Å². The molecule has 2 amide bonds. The quantitative estimate of drug-likeness (QED) is 0.734. The third-order valence-corrected chi connectivity index (χ3v) is 4.83. The Morgan fingerprint density at radius 1 is 1.24 bits per heavy atom. The number of hydrogen-bond acceptors (Lipinski definition) is 5. The molecule has 1 unspecified atom stereocenters. The van der Waals surface area contributed by atoms with Crippen molar-refractivity contribution in [1.29, 1.82) is 5.26 Å². The molecule has 8 heteroatoms. The van der Waals surface area contributed by atoms with E-state index in [9.17, 15) is 9.59 Å². The fourth-order valence-electron chi connectivity index (χ4n) is 3.36. The third-order valence-electron chi connectivity index (χ3n) is 4.83. The first-order valence-corrected chi connectivity index (χ1v) is 9.13. The topological polar surface area (TPSA) is 104 Å². The van der Waals surface area contributed by atoms with E-state index in [1.165, 1.54) is 0 Å². The number of hydrogen-bond donors (Lipinski definition) is 1. The summed E-state index contributed by atoms with van der Waals surface area (Å²) in [5.74, 6) is -0.435. The fourth-order valence-corrected chi connectivity index (χ4v) is 3.36. The van der Waals surface area contributed by atoms with Crippen molar-refractivity contribution in [2.24, 2.45) is 0 Å². The Morgan fingerprint density at radius 3 is 2.93 bits per heavy atom. The van der Waals surface area contributed by atoms with Gasteiger partial charge in [-0.05, 0) is 30.3 Å². The zero-order chi connectivity index (χ0) is 20.2. The van der Waals surface area contributed by atoms with Crippen LogP contribution in [-0.4, -0.2) is 37.8 Å². The highest BCUT2D eigenvalue weighted by atomic mass is 16.2. The minimum atomic E-state index is -0.590. The maximum absolute atomic E-state index is 13.0. The molecular weight excluding hydrogens is 368 g/mol. The Bertz CT molecular complexity index is 1090. The predicted octanol–water partition coefficient (Wildman–Crippen LogP) is 1.66. The van der Waals surface area contributed by atoms with Gasteiger partial charge in [0, 0.05) is 18.0 Å². The van der Waals surface area contributed by atoms with Crippen molar-refractivity contribution in [2.45, 2.75) is 19.1 Å². The number of nitriles is 1. The number of imidazole rings is 1. The zero-order valence-electron chi connectivity index (χ0n) is 15.5. The van der Waals surface area contributed by atoms with Gasteiger partial charge in [-0.15, -0.1) is 0 Å². The Labute approximate surface area is 167 Å². The molecule has 3 aromatic rings. The number of aromatic nitrogens is 3. The molecule has 0 aliphatic carbocycles. The van der Waals surface area contributed by atoms with Gasteiger partial charge in [0.1, 0.15) is 6.04 Å². The van der Waals surface area contributed by atoms with Gasteiger partial charge in [0.25, 0.3) is 5.91 Å². The number of pyridine rings is 1. The van der Waals surface area contributed by atoms with Crippen LogP contribution in [0.25, 0.3) is 0 Å². The average molecular weight is 386 g/mol. The lowest BCUT2D eigenvalue weighted by Crippen LogP contribution is -2.46. The van der Waals surface area contributed by atoms with Gasteiger partial charge < -0.3 is 14.8 Å². The maximum atomic E-state index is 13.0. The van der Waals surface area contributed by atoms with Crippen LogP contribution in [0, 0.1) is 11.3 Å². The maximum Gasteiger partial charge on any atom is 0.254 e. The van der Waals surface area contributed by atoms with Crippen LogP contribution >= 0.6 is 0 Å². The molecule has 1 aromatic carbocycles. The summed E-state index contributed by atoms with van der Waals surface area (Å²) in [5.41, 5.74) is 2.37. The molecule has 0 bridgehead atoms. The highest BCUT2D eigenvalue weighted by Crippen LogP contribution is 2.23. The molecule has 1 N–H and O–H groups in total. The van der Waals surface area contributed by atoms with Crippen molar-refractivity contribution in [3.8, 4) is 6.07 Å². The molecule has 144 valence electrons. The molecule has 0 fully saturated rings. The molecule has 8 nitrogen and oxygen atoms in total. The molecule has 1 aliphatic rings. The summed E-state index contributed by atoms with van der Waals surface area (Å²) in [6.07, 6.45) is 4.94. The minimum Gasteiger partial charge on any atom is -0.349 e. The molecule has 1 atom stereocenters. The molecule has 29 heavy (non-hydrogen) atoms. The summed E-state index contributed by atoms with van der Waals surface area (Å²) < 4.78 is 1.79. The molecule has 3 heterocycles. The van der Waals surface area contributed by atoms with Gasteiger partial charge >= 0.3 is 0 Å². The van der Waals surface area contributed by atoms with Crippen molar-refractivity contribution in [1.82, 2.24) is 24.8 Å². The van der Waals surface area contributed by atoms with E-state index in [4.69, 9.17) is 5.26 Å². The van der Waals surface area contributed by atoms with Crippen LogP contribution in [0.4, 0.5) is 0 Å². The van der Waals surface area contributed by atoms with E-state index in [-0.39, 0.29) is 18.4 Å². The molecule has 1 aliphatic heterocycles. The number of fused-ring (bicyclic) bond motifs is 1. The highest BCUT2D eigenvalue weighted by molar-refractivity contribution is 5.95. The average Bonchev–Trinajstić information content (AvgIpc) is 3.25. The zero-order valence-corrected chi connectivity index (χ0v) is 15.5. The number of amides is 2. The van der Waals surface area contributed by atoms with Gasteiger partial charge in [-0.1, -0.05) is 12.1 Å². The number of rotatable bonds is 4. The summed E-state index contributed by atoms with van der Waals surface area (Å²) in [5, 5.41) is 12.0. The van der Waals surface area contributed by atoms with Gasteiger partial charge in [0.2, 0.25) is 5.91 Å². The minimum absolute atomic E-state index is 0.210. The first-order chi connectivity index (χ1) is 14.2. The number of carbonyl (C=O) groups is 2. The highest BCUT2D eigenvalue weighted by Gasteiger charge is 2.32. The van der Waals surface area contributed by atoms with Crippen LogP contribution in [0.3, 0.4) is 0 Å². The first-order valence-electron chi connectivity index (χ1n) is 9.13. The van der Waals surface area contributed by atoms with E-state index < -0.39 is 6.04 Å². The molecule has 4 rings (SSSR count). The molecule has 0 saturated heterocycles. The Kier molecular flexibility index (Phi) is 5.03. The lowest BCUT2D eigenvalue weighted by molar-refractivity contribution is -0.125. The van der Waals surface area contributed by atoms with Gasteiger partial charge in [0.15, 0.2) is 0 Å². The summed E-state index contributed by atoms with van der Waals surface area (Å²) >= 11 is 0. The van der Waals surface area contributed by atoms with Crippen LogP contribution in [0.15, 0.2) is 61.2 Å². The summed E-state index contributed by atoms with van der Waals surface area (Å²) in [6.45, 7) is 0.866. The Morgan fingerprint density at radius 2 is 2.14 bits per heavy atom. The fraction of sp³-hybridized carbons (Fsp3) is 0.190. The van der Waals surface area contributed by atoms with Crippen LogP contribution in [0.1, 0.15) is 33.4 Å². The Hall–Kier alpha value is -3.99. The molecule has 2 aromatic heterocycles. The third kappa shape index (κ3) is 3.84. The van der Waals surface area contributed by atoms with E-state index in [0.717, 1.165) is 11.4 Å². The molecule has 0 spiro atoms.